The van der Waals surface area contributed by atoms with E-state index in [0.717, 1.165) is 42.4 Å². The summed E-state index contributed by atoms with van der Waals surface area (Å²) in [5.74, 6) is 0.579. The van der Waals surface area contributed by atoms with E-state index in [1.807, 2.05) is 45.0 Å². The fraction of sp³-hybridized carbons (Fsp3) is 0.333. The summed E-state index contributed by atoms with van der Waals surface area (Å²) in [5, 5.41) is 0. The minimum atomic E-state index is -0.300. The maximum Gasteiger partial charge on any atom is 0.269 e. The van der Waals surface area contributed by atoms with Gasteiger partial charge in [0.2, 0.25) is 5.88 Å². The number of ether oxygens (including phenoxy) is 1. The molecule has 182 valence electrons. The van der Waals surface area contributed by atoms with Gasteiger partial charge in [-0.1, -0.05) is 62.3 Å². The Labute approximate surface area is 215 Å². The van der Waals surface area contributed by atoms with Gasteiger partial charge in [-0.25, -0.2) is 0 Å². The maximum atomic E-state index is 13.6. The van der Waals surface area contributed by atoms with Crippen LogP contribution in [0.1, 0.15) is 54.9 Å². The van der Waals surface area contributed by atoms with E-state index in [0.29, 0.717) is 27.2 Å². The van der Waals surface area contributed by atoms with E-state index < -0.39 is 0 Å². The number of aromatic nitrogens is 2. The average molecular weight is 508 g/mol. The number of benzene rings is 1. The second-order valence-corrected chi connectivity index (χ2v) is 10.5. The minimum Gasteiger partial charge on any atom is -0.438 e. The Hall–Kier alpha value is -2.97. The number of pyridine rings is 1. The number of thioether (sulfide) groups is 1. The summed E-state index contributed by atoms with van der Waals surface area (Å²) in [5.41, 5.74) is 3.36. The molecule has 1 aliphatic heterocycles. The number of carbonyl (C=O) groups is 1. The highest BCUT2D eigenvalue weighted by Gasteiger charge is 2.32. The van der Waals surface area contributed by atoms with Gasteiger partial charge < -0.3 is 4.74 Å². The van der Waals surface area contributed by atoms with Crippen LogP contribution < -0.4 is 10.3 Å². The molecule has 3 aromatic rings. The van der Waals surface area contributed by atoms with Crippen molar-refractivity contribution in [3.8, 4) is 11.6 Å². The van der Waals surface area contributed by atoms with Gasteiger partial charge in [0.15, 0.2) is 0 Å². The van der Waals surface area contributed by atoms with Crippen molar-refractivity contribution < 1.29 is 9.53 Å². The molecule has 6 nitrogen and oxygen atoms in total. The predicted octanol–water partition coefficient (Wildman–Crippen LogP) is 6.19. The van der Waals surface area contributed by atoms with E-state index >= 15 is 0 Å². The Balaban J connectivity index is 1.77. The smallest absolute Gasteiger partial charge is 0.269 e. The van der Waals surface area contributed by atoms with Crippen LogP contribution in [0, 0.1) is 20.8 Å². The van der Waals surface area contributed by atoms with E-state index in [2.05, 4.69) is 6.92 Å². The molecule has 2 aromatic heterocycles. The summed E-state index contributed by atoms with van der Waals surface area (Å²) in [6.45, 7) is 8.60. The van der Waals surface area contributed by atoms with Crippen LogP contribution in [0.25, 0.3) is 11.7 Å². The van der Waals surface area contributed by atoms with E-state index in [1.54, 1.807) is 23.2 Å². The van der Waals surface area contributed by atoms with Crippen LogP contribution in [0.2, 0.25) is 0 Å². The van der Waals surface area contributed by atoms with Crippen molar-refractivity contribution in [2.45, 2.75) is 53.4 Å². The number of nitrogens with zero attached hydrogens (tertiary/aromatic N) is 3. The van der Waals surface area contributed by atoms with Gasteiger partial charge in [-0.15, -0.1) is 0 Å². The highest BCUT2D eigenvalue weighted by atomic mass is 32.2. The van der Waals surface area contributed by atoms with Gasteiger partial charge in [-0.05, 0) is 68.2 Å². The standard InChI is InChI=1S/C27H29N3O3S2/c1-5-6-7-8-11-30-26(32)22(35-27(30)34)16-21-24(33-20-14-17(2)13-18(3)15-20)28-23-19(4)10-9-12-29(23)25(21)31/h9-10,12-16H,5-8,11H2,1-4H3/b22-16+. The van der Waals surface area contributed by atoms with Crippen LogP contribution in [-0.4, -0.2) is 31.1 Å². The summed E-state index contributed by atoms with van der Waals surface area (Å²) in [6.07, 6.45) is 7.45. The number of aryl methyl sites for hydroxylation is 3. The van der Waals surface area contributed by atoms with Crippen LogP contribution in [0.15, 0.2) is 46.2 Å². The first-order valence-electron chi connectivity index (χ1n) is 11.8. The lowest BCUT2D eigenvalue weighted by atomic mass is 10.1. The van der Waals surface area contributed by atoms with Crippen molar-refractivity contribution in [3.05, 3.63) is 74.0 Å². The zero-order valence-electron chi connectivity index (χ0n) is 20.5. The normalized spacial score (nSPS) is 15.0. The number of amides is 1. The van der Waals surface area contributed by atoms with Gasteiger partial charge in [0.1, 0.15) is 21.3 Å². The number of carbonyl (C=O) groups excluding carboxylic acids is 1. The quantitative estimate of drug-likeness (QED) is 0.206. The highest BCUT2D eigenvalue weighted by molar-refractivity contribution is 8.26. The summed E-state index contributed by atoms with van der Waals surface area (Å²) in [4.78, 5) is 33.4. The molecule has 0 aliphatic carbocycles. The van der Waals surface area contributed by atoms with Crippen molar-refractivity contribution in [1.82, 2.24) is 14.3 Å². The summed E-state index contributed by atoms with van der Waals surface area (Å²) in [7, 11) is 0. The van der Waals surface area contributed by atoms with Gasteiger partial charge in [0, 0.05) is 12.7 Å². The second kappa shape index (κ2) is 10.7. The molecule has 4 rings (SSSR count). The van der Waals surface area contributed by atoms with Gasteiger partial charge in [0.05, 0.1) is 4.91 Å². The molecule has 1 aliphatic rings. The fourth-order valence-corrected chi connectivity index (χ4v) is 5.41. The Kier molecular flexibility index (Phi) is 7.72. The molecule has 1 fully saturated rings. The fourth-order valence-electron chi connectivity index (χ4n) is 4.12. The molecule has 3 heterocycles. The largest absolute Gasteiger partial charge is 0.438 e. The Morgan fingerprint density at radius 2 is 1.83 bits per heavy atom. The molecule has 0 radical (unpaired) electrons. The molecule has 0 bridgehead atoms. The Morgan fingerprint density at radius 1 is 1.09 bits per heavy atom. The summed E-state index contributed by atoms with van der Waals surface area (Å²) >= 11 is 6.69. The van der Waals surface area contributed by atoms with Crippen molar-refractivity contribution in [3.63, 3.8) is 0 Å². The highest BCUT2D eigenvalue weighted by Crippen LogP contribution is 2.34. The van der Waals surface area contributed by atoms with Crippen molar-refractivity contribution in [1.29, 1.82) is 0 Å². The van der Waals surface area contributed by atoms with Gasteiger partial charge in [0.25, 0.3) is 11.5 Å². The summed E-state index contributed by atoms with van der Waals surface area (Å²) < 4.78 is 8.17. The molecule has 8 heteroatoms. The first-order valence-corrected chi connectivity index (χ1v) is 13.0. The first kappa shape index (κ1) is 25.1. The van der Waals surface area contributed by atoms with Crippen molar-refractivity contribution in [2.75, 3.05) is 6.54 Å². The molecule has 0 atom stereocenters. The molecule has 0 N–H and O–H groups in total. The number of hydrogen-bond donors (Lipinski definition) is 0. The summed E-state index contributed by atoms with van der Waals surface area (Å²) in [6, 6.07) is 9.54. The van der Waals surface area contributed by atoms with Crippen LogP contribution in [0.3, 0.4) is 0 Å². The lowest BCUT2D eigenvalue weighted by Gasteiger charge is -2.14. The molecule has 1 aromatic carbocycles. The molecular weight excluding hydrogens is 478 g/mol. The number of hydrogen-bond acceptors (Lipinski definition) is 6. The molecule has 0 saturated carbocycles. The third kappa shape index (κ3) is 5.49. The lowest BCUT2D eigenvalue weighted by molar-refractivity contribution is -0.122. The van der Waals surface area contributed by atoms with E-state index in [9.17, 15) is 9.59 Å². The topological polar surface area (TPSA) is 63.9 Å². The maximum absolute atomic E-state index is 13.6. The zero-order chi connectivity index (χ0) is 25.1. The van der Waals surface area contributed by atoms with E-state index in [1.165, 1.54) is 16.2 Å². The molecule has 0 unspecified atom stereocenters. The Bertz CT molecular complexity index is 1370. The van der Waals surface area contributed by atoms with E-state index in [4.69, 9.17) is 21.9 Å². The van der Waals surface area contributed by atoms with Crippen LogP contribution in [0.4, 0.5) is 0 Å². The van der Waals surface area contributed by atoms with Crippen LogP contribution in [-0.2, 0) is 4.79 Å². The molecule has 0 spiro atoms. The van der Waals surface area contributed by atoms with Crippen molar-refractivity contribution in [2.24, 2.45) is 0 Å². The molecule has 35 heavy (non-hydrogen) atoms. The Morgan fingerprint density at radius 3 is 2.54 bits per heavy atom. The zero-order valence-corrected chi connectivity index (χ0v) is 22.1. The van der Waals surface area contributed by atoms with Crippen molar-refractivity contribution >= 4 is 45.9 Å². The predicted molar refractivity (Wildman–Crippen MR) is 146 cm³/mol. The average Bonchev–Trinajstić information content (AvgIpc) is 3.06. The molecular formula is C27H29N3O3S2. The lowest BCUT2D eigenvalue weighted by Crippen LogP contribution is -2.29. The SMILES string of the molecule is CCCCCCN1C(=O)/C(=C\c2c(Oc3cc(C)cc(C)c3)nc3c(C)cccn3c2=O)SC1=S. The second-order valence-electron chi connectivity index (χ2n) is 8.84. The van der Waals surface area contributed by atoms with Crippen LogP contribution in [0.5, 0.6) is 11.6 Å². The van der Waals surface area contributed by atoms with Gasteiger partial charge in [-0.2, -0.15) is 4.98 Å². The van der Waals surface area contributed by atoms with Gasteiger partial charge in [-0.3, -0.25) is 18.9 Å². The minimum absolute atomic E-state index is 0.169. The van der Waals surface area contributed by atoms with Gasteiger partial charge >= 0.3 is 0 Å². The third-order valence-corrected chi connectivity index (χ3v) is 7.22. The first-order chi connectivity index (χ1) is 16.8. The third-order valence-electron chi connectivity index (χ3n) is 5.84. The van der Waals surface area contributed by atoms with E-state index in [-0.39, 0.29) is 22.9 Å². The monoisotopic (exact) mass is 507 g/mol. The number of thiocarbonyl (C=S) groups is 1. The molecule has 1 saturated heterocycles. The number of unbranched alkanes of at least 4 members (excludes halogenated alkanes) is 3. The molecule has 1 amide bonds. The number of fused-ring (bicyclic) bond motifs is 1. The number of rotatable bonds is 8. The van der Waals surface area contributed by atoms with Crippen LogP contribution >= 0.6 is 24.0 Å².